The minimum Gasteiger partial charge on any atom is -0.302 e. The van der Waals surface area contributed by atoms with E-state index < -0.39 is 5.41 Å². The Labute approximate surface area is 81.9 Å². The summed E-state index contributed by atoms with van der Waals surface area (Å²) >= 11 is 0. The lowest BCUT2D eigenvalue weighted by Crippen LogP contribution is -2.22. The third kappa shape index (κ3) is 2.05. The fourth-order valence-corrected chi connectivity index (χ4v) is 1.26. The van der Waals surface area contributed by atoms with Gasteiger partial charge in [0.25, 0.3) is 0 Å². The van der Waals surface area contributed by atoms with Crippen molar-refractivity contribution in [3.05, 3.63) is 48.5 Å². The van der Waals surface area contributed by atoms with Gasteiger partial charge in [-0.05, 0) is 18.9 Å². The molecule has 1 rings (SSSR count). The topological polar surface area (TPSA) is 17.1 Å². The van der Waals surface area contributed by atoms with Gasteiger partial charge in [-0.15, -0.1) is 6.53 Å². The molecule has 0 unspecified atom stereocenters. The van der Waals surface area contributed by atoms with Crippen molar-refractivity contribution < 1.29 is 7.54 Å². The summed E-state index contributed by atoms with van der Waals surface area (Å²) in [5.41, 5.74) is 0.284. The molecule has 0 radical (unpaired) electrons. The molecule has 68 valence electrons. The van der Waals surface area contributed by atoms with Crippen LogP contribution in [-0.2, 0) is 10.2 Å². The van der Waals surface area contributed by atoms with Gasteiger partial charge in [-0.1, -0.05) is 36.4 Å². The Kier molecular flexibility index (Phi) is 2.20. The summed E-state index contributed by atoms with van der Waals surface area (Å²) in [6.07, 6.45) is 2.71. The van der Waals surface area contributed by atoms with Gasteiger partial charge in [0.1, 0.15) is 6.29 Å². The average molecular weight is 176 g/mol. The van der Waals surface area contributed by atoms with Gasteiger partial charge in [0.2, 0.25) is 0 Å². The highest BCUT2D eigenvalue weighted by molar-refractivity contribution is 5.68. The lowest BCUT2D eigenvalue weighted by Gasteiger charge is -2.21. The fourth-order valence-electron chi connectivity index (χ4n) is 1.26. The molecule has 1 nitrogen and oxygen atoms in total. The van der Waals surface area contributed by atoms with Crippen LogP contribution in [0.25, 0.3) is 0 Å². The standard InChI is InChI=1S/C12H14O/c1-3-9-12(2,10-13)11-7-5-4-6-8-11/h3-8,10H,1,9H2,2H3/t12-/m0/s1/i1D2. The zero-order valence-electron chi connectivity index (χ0n) is 9.66. The van der Waals surface area contributed by atoms with E-state index in [1.807, 2.05) is 37.3 Å². The van der Waals surface area contributed by atoms with Crippen LogP contribution in [0.4, 0.5) is 0 Å². The predicted octanol–water partition coefficient (Wildman–Crippen LogP) is 2.72. The number of hydrogen-bond donors (Lipinski definition) is 0. The van der Waals surface area contributed by atoms with E-state index in [4.69, 9.17) is 2.74 Å². The van der Waals surface area contributed by atoms with Crippen molar-refractivity contribution in [2.75, 3.05) is 0 Å². The molecule has 0 heterocycles. The Bertz CT molecular complexity index is 355. The van der Waals surface area contributed by atoms with Gasteiger partial charge >= 0.3 is 0 Å². The molecule has 0 saturated carbocycles. The summed E-state index contributed by atoms with van der Waals surface area (Å²) in [6, 6.07) is 9.42. The Balaban J connectivity index is 2.95. The molecule has 1 aromatic rings. The molecule has 0 aromatic heterocycles. The summed E-state index contributed by atoms with van der Waals surface area (Å²) in [5.74, 6) is 0. The van der Waals surface area contributed by atoms with Crippen molar-refractivity contribution in [1.82, 2.24) is 0 Å². The Morgan fingerprint density at radius 2 is 2.23 bits per heavy atom. The second-order valence-corrected chi connectivity index (χ2v) is 3.31. The molecular formula is C12H14O. The first-order valence-corrected chi connectivity index (χ1v) is 4.24. The second kappa shape index (κ2) is 4.04. The van der Waals surface area contributed by atoms with Crippen LogP contribution in [0.3, 0.4) is 0 Å². The van der Waals surface area contributed by atoms with Crippen molar-refractivity contribution >= 4 is 6.29 Å². The number of benzene rings is 1. The van der Waals surface area contributed by atoms with Gasteiger partial charge in [0.05, 0.1) is 8.16 Å². The average Bonchev–Trinajstić information content (AvgIpc) is 2.27. The van der Waals surface area contributed by atoms with Crippen molar-refractivity contribution in [1.29, 1.82) is 0 Å². The second-order valence-electron chi connectivity index (χ2n) is 3.31. The van der Waals surface area contributed by atoms with Crippen molar-refractivity contribution in [2.24, 2.45) is 0 Å². The molecule has 1 heteroatoms. The Hall–Kier alpha value is -1.37. The maximum absolute atomic E-state index is 11.1. The smallest absolute Gasteiger partial charge is 0.130 e. The highest BCUT2D eigenvalue weighted by atomic mass is 16.1. The predicted molar refractivity (Wildman–Crippen MR) is 54.7 cm³/mol. The molecule has 0 saturated heterocycles. The van der Waals surface area contributed by atoms with Crippen LogP contribution in [0.15, 0.2) is 42.9 Å². The first-order chi connectivity index (χ1) is 7.08. The number of hydrogen-bond acceptors (Lipinski definition) is 1. The van der Waals surface area contributed by atoms with Crippen LogP contribution in [0, 0.1) is 0 Å². The molecule has 13 heavy (non-hydrogen) atoms. The maximum Gasteiger partial charge on any atom is 0.130 e. The van der Waals surface area contributed by atoms with Crippen LogP contribution in [0.5, 0.6) is 0 Å². The number of rotatable bonds is 4. The minimum atomic E-state index is -0.630. The van der Waals surface area contributed by atoms with Gasteiger partial charge < -0.3 is 4.79 Å². The monoisotopic (exact) mass is 176 g/mol. The summed E-state index contributed by atoms with van der Waals surface area (Å²) in [6.45, 7) is 1.56. The zero-order valence-corrected chi connectivity index (χ0v) is 7.66. The van der Waals surface area contributed by atoms with Crippen LogP contribution in [0.1, 0.15) is 21.6 Å². The summed E-state index contributed by atoms with van der Waals surface area (Å²) in [5, 5.41) is 0. The largest absolute Gasteiger partial charge is 0.302 e. The van der Waals surface area contributed by atoms with Gasteiger partial charge in [-0.3, -0.25) is 0 Å². The lowest BCUT2D eigenvalue weighted by molar-refractivity contribution is -0.112. The molecule has 0 amide bonds. The van der Waals surface area contributed by atoms with Crippen molar-refractivity contribution in [3.8, 4) is 0 Å². The minimum absolute atomic E-state index is 0.251. The summed E-state index contributed by atoms with van der Waals surface area (Å²) < 4.78 is 14.0. The first-order valence-electron chi connectivity index (χ1n) is 5.24. The molecule has 0 bridgehead atoms. The highest BCUT2D eigenvalue weighted by Crippen LogP contribution is 2.25. The Morgan fingerprint density at radius 3 is 2.77 bits per heavy atom. The van der Waals surface area contributed by atoms with Gasteiger partial charge in [-0.25, -0.2) is 0 Å². The van der Waals surface area contributed by atoms with Gasteiger partial charge in [0, 0.05) is 0 Å². The van der Waals surface area contributed by atoms with Gasteiger partial charge in [0.15, 0.2) is 0 Å². The summed E-state index contributed by atoms with van der Waals surface area (Å²) in [4.78, 5) is 11.1. The SMILES string of the molecule is [2H]C([2H])=CC[C@@](C)(C=O)c1ccccc1. The number of allylic oxidation sites excluding steroid dienone is 1. The molecular weight excluding hydrogens is 160 g/mol. The van der Waals surface area contributed by atoms with Gasteiger partial charge in [-0.2, -0.15) is 0 Å². The third-order valence-electron chi connectivity index (χ3n) is 2.22. The van der Waals surface area contributed by atoms with E-state index in [0.717, 1.165) is 11.8 Å². The molecule has 0 spiro atoms. The normalized spacial score (nSPS) is 16.4. The van der Waals surface area contributed by atoms with Crippen LogP contribution in [-0.4, -0.2) is 6.29 Å². The highest BCUT2D eigenvalue weighted by Gasteiger charge is 2.23. The lowest BCUT2D eigenvalue weighted by atomic mass is 9.81. The number of carbonyl (C=O) groups is 1. The molecule has 0 aliphatic heterocycles. The first kappa shape index (κ1) is 7.07. The molecule has 1 atom stereocenters. The summed E-state index contributed by atoms with van der Waals surface area (Å²) in [7, 11) is 0. The van der Waals surface area contributed by atoms with Crippen LogP contribution < -0.4 is 0 Å². The molecule has 0 aliphatic carbocycles. The number of aldehydes is 1. The fraction of sp³-hybridized carbons (Fsp3) is 0.250. The van der Waals surface area contributed by atoms with E-state index in [2.05, 4.69) is 0 Å². The third-order valence-corrected chi connectivity index (χ3v) is 2.22. The van der Waals surface area contributed by atoms with Crippen LogP contribution >= 0.6 is 0 Å². The molecule has 0 aliphatic rings. The molecule has 0 fully saturated rings. The number of carbonyl (C=O) groups excluding carboxylic acids is 1. The van der Waals surface area contributed by atoms with Crippen molar-refractivity contribution in [3.63, 3.8) is 0 Å². The molecule has 0 N–H and O–H groups in total. The van der Waals surface area contributed by atoms with E-state index in [1.165, 1.54) is 6.08 Å². The van der Waals surface area contributed by atoms with E-state index >= 15 is 0 Å². The van der Waals surface area contributed by atoms with E-state index in [1.54, 1.807) is 0 Å². The van der Waals surface area contributed by atoms with Crippen molar-refractivity contribution in [2.45, 2.75) is 18.8 Å². The van der Waals surface area contributed by atoms with E-state index in [0.29, 0.717) is 6.42 Å². The Morgan fingerprint density at radius 1 is 1.54 bits per heavy atom. The molecule has 1 aromatic carbocycles. The van der Waals surface area contributed by atoms with Crippen LogP contribution in [0.2, 0.25) is 0 Å². The maximum atomic E-state index is 11.1. The quantitative estimate of drug-likeness (QED) is 0.509. The van der Waals surface area contributed by atoms with E-state index in [9.17, 15) is 4.79 Å². The zero-order chi connectivity index (χ0) is 11.3. The van der Waals surface area contributed by atoms with E-state index in [-0.39, 0.29) is 6.53 Å².